The molecule has 5 heteroatoms. The van der Waals surface area contributed by atoms with E-state index in [0.717, 1.165) is 13.0 Å². The van der Waals surface area contributed by atoms with Crippen LogP contribution >= 0.6 is 0 Å². The van der Waals surface area contributed by atoms with Gasteiger partial charge in [0, 0.05) is 32.1 Å². The highest BCUT2D eigenvalue weighted by Gasteiger charge is 2.24. The SMILES string of the molecule is CC1=CCCN(C(=O)N(CCCC(=O)O)C(C)C)C1. The summed E-state index contributed by atoms with van der Waals surface area (Å²) in [5.74, 6) is -0.812. The zero-order valence-corrected chi connectivity index (χ0v) is 12.1. The molecule has 1 aliphatic heterocycles. The summed E-state index contributed by atoms with van der Waals surface area (Å²) in [6.07, 6.45) is 3.67. The molecule has 108 valence electrons. The average Bonchev–Trinajstić information content (AvgIpc) is 2.33. The number of nitrogens with zero attached hydrogens (tertiary/aromatic N) is 2. The maximum Gasteiger partial charge on any atom is 0.320 e. The van der Waals surface area contributed by atoms with Crippen molar-refractivity contribution in [2.45, 2.75) is 46.1 Å². The topological polar surface area (TPSA) is 60.9 Å². The van der Waals surface area contributed by atoms with Crippen molar-refractivity contribution < 1.29 is 14.7 Å². The lowest BCUT2D eigenvalue weighted by Gasteiger charge is -2.35. The van der Waals surface area contributed by atoms with Crippen molar-refractivity contribution in [3.05, 3.63) is 11.6 Å². The van der Waals surface area contributed by atoms with Crippen LogP contribution in [0.2, 0.25) is 0 Å². The Labute approximate surface area is 114 Å². The van der Waals surface area contributed by atoms with Crippen molar-refractivity contribution in [1.29, 1.82) is 0 Å². The summed E-state index contributed by atoms with van der Waals surface area (Å²) in [7, 11) is 0. The Morgan fingerprint density at radius 3 is 2.68 bits per heavy atom. The summed E-state index contributed by atoms with van der Waals surface area (Å²) >= 11 is 0. The molecule has 0 aliphatic carbocycles. The van der Waals surface area contributed by atoms with Crippen molar-refractivity contribution in [2.75, 3.05) is 19.6 Å². The van der Waals surface area contributed by atoms with E-state index in [0.29, 0.717) is 19.5 Å². The van der Waals surface area contributed by atoms with Gasteiger partial charge in [-0.25, -0.2) is 4.79 Å². The minimum absolute atomic E-state index is 0.0211. The summed E-state index contributed by atoms with van der Waals surface area (Å²) in [4.78, 5) is 26.6. The molecule has 0 bridgehead atoms. The number of hydrogen-bond acceptors (Lipinski definition) is 2. The van der Waals surface area contributed by atoms with Crippen LogP contribution in [0, 0.1) is 0 Å². The lowest BCUT2D eigenvalue weighted by atomic mass is 10.1. The van der Waals surface area contributed by atoms with Crippen LogP contribution in [0.1, 0.15) is 40.0 Å². The van der Waals surface area contributed by atoms with Gasteiger partial charge in [0.1, 0.15) is 0 Å². The Hall–Kier alpha value is -1.52. The highest BCUT2D eigenvalue weighted by molar-refractivity contribution is 5.75. The van der Waals surface area contributed by atoms with Gasteiger partial charge in [-0.3, -0.25) is 4.79 Å². The van der Waals surface area contributed by atoms with Gasteiger partial charge in [-0.15, -0.1) is 0 Å². The van der Waals surface area contributed by atoms with Crippen LogP contribution in [-0.4, -0.2) is 52.6 Å². The minimum atomic E-state index is -0.812. The van der Waals surface area contributed by atoms with E-state index < -0.39 is 5.97 Å². The molecule has 0 fully saturated rings. The maximum absolute atomic E-state index is 12.4. The number of carboxylic acid groups (broad SMARTS) is 1. The van der Waals surface area contributed by atoms with Crippen LogP contribution in [0.5, 0.6) is 0 Å². The number of carboxylic acids is 1. The maximum atomic E-state index is 12.4. The largest absolute Gasteiger partial charge is 0.481 e. The molecule has 0 aromatic carbocycles. The summed E-state index contributed by atoms with van der Waals surface area (Å²) in [5.41, 5.74) is 1.22. The average molecular weight is 268 g/mol. The Kier molecular flexibility index (Phi) is 5.86. The van der Waals surface area contributed by atoms with E-state index in [1.54, 1.807) is 4.90 Å². The van der Waals surface area contributed by atoms with Gasteiger partial charge in [0.25, 0.3) is 0 Å². The number of carbonyl (C=O) groups is 2. The summed E-state index contributed by atoms with van der Waals surface area (Å²) < 4.78 is 0. The Morgan fingerprint density at radius 1 is 1.47 bits per heavy atom. The second kappa shape index (κ2) is 7.16. The Bertz CT molecular complexity index is 364. The van der Waals surface area contributed by atoms with Gasteiger partial charge in [0.2, 0.25) is 0 Å². The van der Waals surface area contributed by atoms with Gasteiger partial charge >= 0.3 is 12.0 Å². The number of hydrogen-bond donors (Lipinski definition) is 1. The van der Waals surface area contributed by atoms with Crippen LogP contribution in [-0.2, 0) is 4.79 Å². The summed E-state index contributed by atoms with van der Waals surface area (Å²) in [5, 5.41) is 8.67. The molecule has 0 aromatic rings. The van der Waals surface area contributed by atoms with Crippen molar-refractivity contribution in [2.24, 2.45) is 0 Å². The van der Waals surface area contributed by atoms with E-state index in [-0.39, 0.29) is 18.5 Å². The quantitative estimate of drug-likeness (QED) is 0.778. The smallest absolute Gasteiger partial charge is 0.320 e. The molecule has 5 nitrogen and oxygen atoms in total. The number of aliphatic carboxylic acids is 1. The molecule has 0 spiro atoms. The fourth-order valence-corrected chi connectivity index (χ4v) is 2.23. The van der Waals surface area contributed by atoms with E-state index in [2.05, 4.69) is 6.08 Å². The molecular weight excluding hydrogens is 244 g/mol. The first-order valence-electron chi connectivity index (χ1n) is 6.84. The predicted molar refractivity (Wildman–Crippen MR) is 74.1 cm³/mol. The molecule has 0 saturated carbocycles. The number of rotatable bonds is 5. The lowest BCUT2D eigenvalue weighted by molar-refractivity contribution is -0.137. The summed E-state index contributed by atoms with van der Waals surface area (Å²) in [6, 6.07) is 0.111. The third-order valence-corrected chi connectivity index (χ3v) is 3.26. The molecule has 0 unspecified atom stereocenters. The van der Waals surface area contributed by atoms with Crippen LogP contribution in [0.25, 0.3) is 0 Å². The molecule has 2 amide bonds. The molecule has 1 rings (SSSR count). The predicted octanol–water partition coefficient (Wildman–Crippen LogP) is 2.33. The Morgan fingerprint density at radius 2 is 2.16 bits per heavy atom. The molecular formula is C14H24N2O3. The highest BCUT2D eigenvalue weighted by Crippen LogP contribution is 2.13. The van der Waals surface area contributed by atoms with Gasteiger partial charge in [-0.2, -0.15) is 0 Å². The highest BCUT2D eigenvalue weighted by atomic mass is 16.4. The molecule has 1 heterocycles. The zero-order valence-electron chi connectivity index (χ0n) is 12.1. The number of urea groups is 1. The second-order valence-corrected chi connectivity index (χ2v) is 5.33. The zero-order chi connectivity index (χ0) is 14.4. The van der Waals surface area contributed by atoms with Crippen LogP contribution in [0.4, 0.5) is 4.79 Å². The first-order chi connectivity index (χ1) is 8.91. The van der Waals surface area contributed by atoms with Crippen molar-refractivity contribution in [3.8, 4) is 0 Å². The molecule has 0 saturated heterocycles. The molecule has 0 aromatic heterocycles. The van der Waals surface area contributed by atoms with Crippen LogP contribution in [0.3, 0.4) is 0 Å². The molecule has 0 atom stereocenters. The lowest BCUT2D eigenvalue weighted by Crippen LogP contribution is -2.48. The monoisotopic (exact) mass is 268 g/mol. The normalized spacial score (nSPS) is 15.4. The van der Waals surface area contributed by atoms with Gasteiger partial charge in [0.05, 0.1) is 0 Å². The number of carbonyl (C=O) groups excluding carboxylic acids is 1. The molecule has 1 N–H and O–H groups in total. The fraction of sp³-hybridized carbons (Fsp3) is 0.714. The van der Waals surface area contributed by atoms with E-state index in [1.165, 1.54) is 5.57 Å². The van der Waals surface area contributed by atoms with Crippen LogP contribution in [0.15, 0.2) is 11.6 Å². The third-order valence-electron chi connectivity index (χ3n) is 3.26. The molecule has 0 radical (unpaired) electrons. The summed E-state index contributed by atoms with van der Waals surface area (Å²) in [6.45, 7) is 7.89. The van der Waals surface area contributed by atoms with Crippen molar-refractivity contribution in [3.63, 3.8) is 0 Å². The standard InChI is InChI=1S/C14H24N2O3/c1-11(2)16(9-5-7-13(17)18)14(19)15-8-4-6-12(3)10-15/h6,11H,4-5,7-10H2,1-3H3,(H,17,18). The first kappa shape index (κ1) is 15.5. The van der Waals surface area contributed by atoms with Crippen molar-refractivity contribution >= 4 is 12.0 Å². The van der Waals surface area contributed by atoms with Gasteiger partial charge in [0.15, 0.2) is 0 Å². The molecule has 19 heavy (non-hydrogen) atoms. The third kappa shape index (κ3) is 4.93. The second-order valence-electron chi connectivity index (χ2n) is 5.33. The van der Waals surface area contributed by atoms with E-state index in [1.807, 2.05) is 25.7 Å². The minimum Gasteiger partial charge on any atom is -0.481 e. The number of amides is 2. The van der Waals surface area contributed by atoms with Gasteiger partial charge in [-0.1, -0.05) is 11.6 Å². The molecule has 1 aliphatic rings. The van der Waals surface area contributed by atoms with Gasteiger partial charge in [-0.05, 0) is 33.6 Å². The van der Waals surface area contributed by atoms with E-state index >= 15 is 0 Å². The van der Waals surface area contributed by atoms with Crippen LogP contribution < -0.4 is 0 Å². The van der Waals surface area contributed by atoms with E-state index in [4.69, 9.17) is 5.11 Å². The fourth-order valence-electron chi connectivity index (χ4n) is 2.23. The van der Waals surface area contributed by atoms with Gasteiger partial charge < -0.3 is 14.9 Å². The van der Waals surface area contributed by atoms with E-state index in [9.17, 15) is 9.59 Å². The van der Waals surface area contributed by atoms with Crippen molar-refractivity contribution in [1.82, 2.24) is 9.80 Å². The first-order valence-corrected chi connectivity index (χ1v) is 6.84. The Balaban J connectivity index is 2.57.